The van der Waals surface area contributed by atoms with E-state index >= 15 is 0 Å². The fourth-order valence-electron chi connectivity index (χ4n) is 2.93. The number of nitrogens with one attached hydrogen (secondary N) is 1. The molecule has 0 unspecified atom stereocenters. The number of rotatable bonds is 6. The topological polar surface area (TPSA) is 79.3 Å². The van der Waals surface area contributed by atoms with Gasteiger partial charge in [-0.3, -0.25) is 14.6 Å². The van der Waals surface area contributed by atoms with Gasteiger partial charge in [0.2, 0.25) is 0 Å². The summed E-state index contributed by atoms with van der Waals surface area (Å²) in [6, 6.07) is 5.76. The lowest BCUT2D eigenvalue weighted by Crippen LogP contribution is -2.26. The maximum Gasteiger partial charge on any atom is 0.303 e. The van der Waals surface area contributed by atoms with Crippen LogP contribution in [0.2, 0.25) is 0 Å². The van der Waals surface area contributed by atoms with Crippen LogP contribution in [0.1, 0.15) is 53.2 Å². The molecule has 1 saturated carbocycles. The highest BCUT2D eigenvalue weighted by Crippen LogP contribution is 2.42. The van der Waals surface area contributed by atoms with Crippen molar-refractivity contribution in [1.82, 2.24) is 10.3 Å². The van der Waals surface area contributed by atoms with Crippen molar-refractivity contribution in [2.24, 2.45) is 0 Å². The van der Waals surface area contributed by atoms with Crippen molar-refractivity contribution in [3.8, 4) is 0 Å². The molecule has 3 rings (SSSR count). The van der Waals surface area contributed by atoms with E-state index < -0.39 is 5.97 Å². The highest BCUT2D eigenvalue weighted by molar-refractivity contribution is 9.10. The molecule has 1 amide bonds. The number of aromatic nitrogens is 1. The van der Waals surface area contributed by atoms with Gasteiger partial charge in [-0.1, -0.05) is 15.9 Å². The second-order valence-corrected chi connectivity index (χ2v) is 7.10. The zero-order valence-electron chi connectivity index (χ0n) is 13.4. The molecular formula is C18H19BrN2O3. The number of nitrogens with zero attached hydrogens (tertiary/aromatic N) is 1. The van der Waals surface area contributed by atoms with Crippen LogP contribution < -0.4 is 5.32 Å². The zero-order chi connectivity index (χ0) is 17.3. The molecule has 0 atom stereocenters. The molecule has 0 bridgehead atoms. The van der Waals surface area contributed by atoms with Crippen molar-refractivity contribution >= 4 is 38.7 Å². The summed E-state index contributed by atoms with van der Waals surface area (Å²) in [5.41, 5.74) is 3.42. The lowest BCUT2D eigenvalue weighted by atomic mass is 9.98. The molecule has 0 radical (unpaired) electrons. The number of carboxylic acids is 1. The van der Waals surface area contributed by atoms with Crippen molar-refractivity contribution < 1.29 is 14.7 Å². The number of carbonyl (C=O) groups excluding carboxylic acids is 1. The van der Waals surface area contributed by atoms with Gasteiger partial charge in [0.05, 0.1) is 11.1 Å². The fraction of sp³-hybridized carbons (Fsp3) is 0.389. The van der Waals surface area contributed by atoms with E-state index in [0.29, 0.717) is 24.4 Å². The average Bonchev–Trinajstić information content (AvgIpc) is 3.35. The summed E-state index contributed by atoms with van der Waals surface area (Å²) in [5.74, 6) is -0.559. The van der Waals surface area contributed by atoms with E-state index in [4.69, 9.17) is 10.1 Å². The first-order chi connectivity index (χ1) is 11.5. The Kier molecular flexibility index (Phi) is 4.85. The van der Waals surface area contributed by atoms with Gasteiger partial charge >= 0.3 is 5.97 Å². The Morgan fingerprint density at radius 1 is 1.38 bits per heavy atom. The minimum atomic E-state index is -0.852. The van der Waals surface area contributed by atoms with E-state index in [0.717, 1.165) is 39.5 Å². The van der Waals surface area contributed by atoms with E-state index in [1.807, 2.05) is 25.1 Å². The van der Waals surface area contributed by atoms with Crippen LogP contribution in [0.15, 0.2) is 22.7 Å². The Morgan fingerprint density at radius 2 is 2.12 bits per heavy atom. The highest BCUT2D eigenvalue weighted by atomic mass is 79.9. The quantitative estimate of drug-likeness (QED) is 0.735. The Morgan fingerprint density at radius 3 is 2.79 bits per heavy atom. The van der Waals surface area contributed by atoms with Crippen molar-refractivity contribution in [3.05, 3.63) is 39.5 Å². The third-order valence-corrected chi connectivity index (χ3v) is 4.77. The number of fused-ring (bicyclic) bond motifs is 1. The molecule has 1 aliphatic carbocycles. The van der Waals surface area contributed by atoms with Crippen LogP contribution in [0.5, 0.6) is 0 Å². The molecular weight excluding hydrogens is 372 g/mol. The molecule has 0 aliphatic heterocycles. The molecule has 0 spiro atoms. The van der Waals surface area contributed by atoms with Gasteiger partial charge in [0, 0.05) is 34.4 Å². The maximum absolute atomic E-state index is 12.7. The molecule has 6 heteroatoms. The Balaban J connectivity index is 1.94. The van der Waals surface area contributed by atoms with E-state index in [-0.39, 0.29) is 12.3 Å². The third-order valence-electron chi connectivity index (χ3n) is 4.27. The molecule has 2 aromatic rings. The first-order valence-electron chi connectivity index (χ1n) is 8.07. The van der Waals surface area contributed by atoms with E-state index in [2.05, 4.69) is 21.2 Å². The van der Waals surface area contributed by atoms with E-state index in [9.17, 15) is 9.59 Å². The van der Waals surface area contributed by atoms with Gasteiger partial charge in [-0.2, -0.15) is 0 Å². The molecule has 1 heterocycles. The predicted molar refractivity (Wildman–Crippen MR) is 95.4 cm³/mol. The van der Waals surface area contributed by atoms with E-state index in [1.54, 1.807) is 0 Å². The van der Waals surface area contributed by atoms with Gasteiger partial charge in [-0.15, -0.1) is 0 Å². The van der Waals surface area contributed by atoms with Crippen molar-refractivity contribution in [3.63, 3.8) is 0 Å². The summed E-state index contributed by atoms with van der Waals surface area (Å²) < 4.78 is 0.898. The number of benzene rings is 1. The Bertz CT molecular complexity index is 816. The van der Waals surface area contributed by atoms with Crippen LogP contribution >= 0.6 is 15.9 Å². The van der Waals surface area contributed by atoms with Crippen molar-refractivity contribution in [1.29, 1.82) is 0 Å². The van der Waals surface area contributed by atoms with Crippen molar-refractivity contribution in [2.75, 3.05) is 6.54 Å². The smallest absolute Gasteiger partial charge is 0.303 e. The number of halogens is 1. The normalized spacial score (nSPS) is 13.9. The van der Waals surface area contributed by atoms with Crippen LogP contribution in [0.3, 0.4) is 0 Å². The molecule has 2 N–H and O–H groups in total. The minimum Gasteiger partial charge on any atom is -0.481 e. The number of amides is 1. The largest absolute Gasteiger partial charge is 0.481 e. The number of aliphatic carboxylic acids is 1. The molecule has 1 aromatic heterocycles. The van der Waals surface area contributed by atoms with Crippen LogP contribution in [-0.4, -0.2) is 28.5 Å². The second kappa shape index (κ2) is 6.89. The Labute approximate surface area is 148 Å². The van der Waals surface area contributed by atoms with Crippen LogP contribution in [0, 0.1) is 6.92 Å². The van der Waals surface area contributed by atoms with Gasteiger partial charge in [0.25, 0.3) is 5.91 Å². The number of hydrogen-bond acceptors (Lipinski definition) is 3. The summed E-state index contributed by atoms with van der Waals surface area (Å²) >= 11 is 3.46. The summed E-state index contributed by atoms with van der Waals surface area (Å²) in [6.45, 7) is 2.30. The molecule has 1 aromatic carbocycles. The molecule has 1 fully saturated rings. The SMILES string of the molecule is Cc1c(C2CC2)nc2ccc(Br)cc2c1C(=O)NCCCC(=O)O. The van der Waals surface area contributed by atoms with Gasteiger partial charge in [-0.25, -0.2) is 0 Å². The summed E-state index contributed by atoms with van der Waals surface area (Å²) in [7, 11) is 0. The van der Waals surface area contributed by atoms with Crippen LogP contribution in [-0.2, 0) is 4.79 Å². The number of carboxylic acid groups (broad SMARTS) is 1. The number of carbonyl (C=O) groups is 2. The highest BCUT2D eigenvalue weighted by Gasteiger charge is 2.29. The molecule has 24 heavy (non-hydrogen) atoms. The minimum absolute atomic E-state index is 0.0508. The monoisotopic (exact) mass is 390 g/mol. The van der Waals surface area contributed by atoms with Crippen LogP contribution in [0.25, 0.3) is 10.9 Å². The average molecular weight is 391 g/mol. The second-order valence-electron chi connectivity index (χ2n) is 6.19. The first-order valence-corrected chi connectivity index (χ1v) is 8.86. The molecule has 1 aliphatic rings. The zero-order valence-corrected chi connectivity index (χ0v) is 15.0. The summed E-state index contributed by atoms with van der Waals surface area (Å²) in [5, 5.41) is 12.4. The third kappa shape index (κ3) is 3.59. The summed E-state index contributed by atoms with van der Waals surface area (Å²) in [4.78, 5) is 28.1. The predicted octanol–water partition coefficient (Wildman–Crippen LogP) is 3.78. The first kappa shape index (κ1) is 16.9. The molecule has 126 valence electrons. The van der Waals surface area contributed by atoms with E-state index in [1.165, 1.54) is 0 Å². The number of hydrogen-bond donors (Lipinski definition) is 2. The van der Waals surface area contributed by atoms with Gasteiger partial charge in [0.1, 0.15) is 0 Å². The van der Waals surface area contributed by atoms with Gasteiger partial charge in [0.15, 0.2) is 0 Å². The van der Waals surface area contributed by atoms with Gasteiger partial charge in [-0.05, 0) is 49.9 Å². The van der Waals surface area contributed by atoms with Crippen LogP contribution in [0.4, 0.5) is 0 Å². The Hall–Kier alpha value is -1.95. The molecule has 5 nitrogen and oxygen atoms in total. The lowest BCUT2D eigenvalue weighted by Gasteiger charge is -2.14. The van der Waals surface area contributed by atoms with Gasteiger partial charge < -0.3 is 10.4 Å². The summed E-state index contributed by atoms with van der Waals surface area (Å²) in [6.07, 6.45) is 2.71. The van der Waals surface area contributed by atoms with Crippen molar-refractivity contribution in [2.45, 2.75) is 38.5 Å². The maximum atomic E-state index is 12.7. The molecule has 0 saturated heterocycles. The lowest BCUT2D eigenvalue weighted by molar-refractivity contribution is -0.137. The number of pyridine rings is 1. The fourth-order valence-corrected chi connectivity index (χ4v) is 3.29. The standard InChI is InChI=1S/C18H19BrN2O3/c1-10-16(18(24)20-8-2-3-15(22)23)13-9-12(19)6-7-14(13)21-17(10)11-4-5-11/h6-7,9,11H,2-5,8H2,1H3,(H,20,24)(H,22,23).